The highest BCUT2D eigenvalue weighted by Gasteiger charge is 2.21. The molecule has 0 radical (unpaired) electrons. The van der Waals surface area contributed by atoms with Gasteiger partial charge >= 0.3 is 0 Å². The Morgan fingerprint density at radius 1 is 1.64 bits per heavy atom. The Morgan fingerprint density at radius 3 is 3.14 bits per heavy atom. The smallest absolute Gasteiger partial charge is 0.137 e. The van der Waals surface area contributed by atoms with Crippen molar-refractivity contribution in [1.29, 1.82) is 0 Å². The summed E-state index contributed by atoms with van der Waals surface area (Å²) < 4.78 is 6.60. The van der Waals surface area contributed by atoms with Crippen molar-refractivity contribution in [3.63, 3.8) is 0 Å². The van der Waals surface area contributed by atoms with Crippen LogP contribution in [0.25, 0.3) is 0 Å². The molecule has 1 atom stereocenters. The van der Waals surface area contributed by atoms with Crippen LogP contribution in [0, 0.1) is 0 Å². The van der Waals surface area contributed by atoms with Crippen molar-refractivity contribution in [2.45, 2.75) is 26.0 Å². The van der Waals surface area contributed by atoms with E-state index in [9.17, 15) is 0 Å². The SMILES string of the molecule is CC1Cc2cc(CNO)cc(Br)c2O1. The predicted molar refractivity (Wildman–Crippen MR) is 56.6 cm³/mol. The maximum Gasteiger partial charge on any atom is 0.137 e. The van der Waals surface area contributed by atoms with Gasteiger partial charge in [0, 0.05) is 13.0 Å². The van der Waals surface area contributed by atoms with E-state index >= 15 is 0 Å². The number of fused-ring (bicyclic) bond motifs is 1. The molecule has 0 saturated heterocycles. The highest BCUT2D eigenvalue weighted by molar-refractivity contribution is 9.10. The number of benzene rings is 1. The summed E-state index contributed by atoms with van der Waals surface area (Å²) >= 11 is 3.46. The maximum absolute atomic E-state index is 8.61. The number of ether oxygens (including phenoxy) is 1. The first-order chi connectivity index (χ1) is 6.70. The number of hydrogen-bond donors (Lipinski definition) is 2. The number of halogens is 1. The van der Waals surface area contributed by atoms with Crippen LogP contribution in [0.3, 0.4) is 0 Å². The van der Waals surface area contributed by atoms with E-state index in [-0.39, 0.29) is 6.10 Å². The van der Waals surface area contributed by atoms with Crippen molar-refractivity contribution in [1.82, 2.24) is 5.48 Å². The molecule has 2 N–H and O–H groups in total. The minimum atomic E-state index is 0.249. The first-order valence-corrected chi connectivity index (χ1v) is 5.35. The molecule has 2 rings (SSSR count). The maximum atomic E-state index is 8.61. The summed E-state index contributed by atoms with van der Waals surface area (Å²) in [4.78, 5) is 0. The third-order valence-electron chi connectivity index (χ3n) is 2.29. The number of hydrogen-bond acceptors (Lipinski definition) is 3. The van der Waals surface area contributed by atoms with Gasteiger partial charge in [0.25, 0.3) is 0 Å². The molecule has 0 spiro atoms. The van der Waals surface area contributed by atoms with Gasteiger partial charge in [-0.15, -0.1) is 0 Å². The molecule has 1 aromatic rings. The summed E-state index contributed by atoms with van der Waals surface area (Å²) in [5.74, 6) is 0.944. The van der Waals surface area contributed by atoms with E-state index < -0.39 is 0 Å². The number of nitrogens with one attached hydrogen (secondary N) is 1. The Balaban J connectivity index is 2.36. The minimum Gasteiger partial charge on any atom is -0.489 e. The monoisotopic (exact) mass is 257 g/mol. The molecule has 1 aromatic carbocycles. The molecular formula is C10H12BrNO2. The highest BCUT2D eigenvalue weighted by atomic mass is 79.9. The van der Waals surface area contributed by atoms with Gasteiger partial charge in [-0.25, -0.2) is 5.48 Å². The second-order valence-corrected chi connectivity index (χ2v) is 4.39. The molecular weight excluding hydrogens is 246 g/mol. The van der Waals surface area contributed by atoms with Gasteiger partial charge in [-0.05, 0) is 40.0 Å². The van der Waals surface area contributed by atoms with Crippen LogP contribution >= 0.6 is 15.9 Å². The Labute approximate surface area is 91.2 Å². The van der Waals surface area contributed by atoms with E-state index in [2.05, 4.69) is 34.4 Å². The topological polar surface area (TPSA) is 41.5 Å². The van der Waals surface area contributed by atoms with Gasteiger partial charge < -0.3 is 9.94 Å². The van der Waals surface area contributed by atoms with Crippen LogP contribution in [0.1, 0.15) is 18.1 Å². The lowest BCUT2D eigenvalue weighted by molar-refractivity contribution is 0.161. The van der Waals surface area contributed by atoms with Crippen molar-refractivity contribution in [3.8, 4) is 5.75 Å². The molecule has 0 bridgehead atoms. The van der Waals surface area contributed by atoms with Crippen LogP contribution in [0.4, 0.5) is 0 Å². The Morgan fingerprint density at radius 2 is 2.43 bits per heavy atom. The van der Waals surface area contributed by atoms with Gasteiger partial charge in [-0.2, -0.15) is 0 Å². The second-order valence-electron chi connectivity index (χ2n) is 3.53. The van der Waals surface area contributed by atoms with Crippen molar-refractivity contribution in [2.75, 3.05) is 0 Å². The van der Waals surface area contributed by atoms with Crippen LogP contribution < -0.4 is 10.2 Å². The van der Waals surface area contributed by atoms with Crippen LogP contribution in [0.15, 0.2) is 16.6 Å². The lowest BCUT2D eigenvalue weighted by Gasteiger charge is -2.06. The van der Waals surface area contributed by atoms with Gasteiger partial charge in [0.05, 0.1) is 4.47 Å². The zero-order valence-corrected chi connectivity index (χ0v) is 9.47. The summed E-state index contributed by atoms with van der Waals surface area (Å²) in [6.45, 7) is 2.51. The summed E-state index contributed by atoms with van der Waals surface area (Å²) in [5.41, 5.74) is 4.41. The summed E-state index contributed by atoms with van der Waals surface area (Å²) in [6.07, 6.45) is 1.19. The third-order valence-corrected chi connectivity index (χ3v) is 2.88. The molecule has 1 aliphatic rings. The molecule has 76 valence electrons. The van der Waals surface area contributed by atoms with E-state index in [1.54, 1.807) is 0 Å². The molecule has 0 amide bonds. The third kappa shape index (κ3) is 1.78. The van der Waals surface area contributed by atoms with Crippen LogP contribution in [-0.4, -0.2) is 11.3 Å². The molecule has 0 saturated carbocycles. The molecule has 14 heavy (non-hydrogen) atoms. The molecule has 1 unspecified atom stereocenters. The van der Waals surface area contributed by atoms with Crippen molar-refractivity contribution in [3.05, 3.63) is 27.7 Å². The fourth-order valence-electron chi connectivity index (χ4n) is 1.74. The van der Waals surface area contributed by atoms with Gasteiger partial charge in [-0.3, -0.25) is 0 Å². The number of hydroxylamine groups is 1. The Hall–Kier alpha value is -0.580. The molecule has 4 heteroatoms. The fraction of sp³-hybridized carbons (Fsp3) is 0.400. The van der Waals surface area contributed by atoms with E-state index in [1.807, 2.05) is 6.07 Å². The summed E-state index contributed by atoms with van der Waals surface area (Å²) in [5, 5.41) is 8.61. The van der Waals surface area contributed by atoms with Crippen molar-refractivity contribution >= 4 is 15.9 Å². The summed E-state index contributed by atoms with van der Waals surface area (Å²) in [7, 11) is 0. The quantitative estimate of drug-likeness (QED) is 0.799. The molecule has 1 aliphatic heterocycles. The zero-order chi connectivity index (χ0) is 10.1. The highest BCUT2D eigenvalue weighted by Crippen LogP contribution is 2.37. The van der Waals surface area contributed by atoms with Gasteiger partial charge in [0.2, 0.25) is 0 Å². The normalized spacial score (nSPS) is 19.2. The van der Waals surface area contributed by atoms with Crippen LogP contribution in [0.2, 0.25) is 0 Å². The lowest BCUT2D eigenvalue weighted by atomic mass is 10.1. The second kappa shape index (κ2) is 3.88. The van der Waals surface area contributed by atoms with Crippen LogP contribution in [0.5, 0.6) is 5.75 Å². The first-order valence-electron chi connectivity index (χ1n) is 4.55. The molecule has 3 nitrogen and oxygen atoms in total. The van der Waals surface area contributed by atoms with Crippen LogP contribution in [-0.2, 0) is 13.0 Å². The standard InChI is InChI=1S/C10H12BrNO2/c1-6-2-8-3-7(5-12-13)4-9(11)10(8)14-6/h3-4,6,12-13H,2,5H2,1H3. The minimum absolute atomic E-state index is 0.249. The van der Waals surface area contributed by atoms with E-state index in [4.69, 9.17) is 9.94 Å². The lowest BCUT2D eigenvalue weighted by Crippen LogP contribution is -2.06. The fourth-order valence-corrected chi connectivity index (χ4v) is 2.38. The average molecular weight is 258 g/mol. The van der Waals surface area contributed by atoms with Crippen molar-refractivity contribution < 1.29 is 9.94 Å². The first kappa shape index (κ1) is 9.96. The summed E-state index contributed by atoms with van der Waals surface area (Å²) in [6, 6.07) is 4.02. The number of rotatable bonds is 2. The molecule has 0 fully saturated rings. The van der Waals surface area contributed by atoms with E-state index in [0.29, 0.717) is 6.54 Å². The largest absolute Gasteiger partial charge is 0.489 e. The molecule has 0 aromatic heterocycles. The molecule has 0 aliphatic carbocycles. The van der Waals surface area contributed by atoms with E-state index in [1.165, 1.54) is 5.56 Å². The van der Waals surface area contributed by atoms with Crippen molar-refractivity contribution in [2.24, 2.45) is 0 Å². The Kier molecular flexibility index (Phi) is 2.76. The molecule has 1 heterocycles. The average Bonchev–Trinajstić information content (AvgIpc) is 2.47. The van der Waals surface area contributed by atoms with E-state index in [0.717, 1.165) is 22.2 Å². The van der Waals surface area contributed by atoms with Gasteiger partial charge in [0.15, 0.2) is 0 Å². The Bertz CT molecular complexity index is 354. The zero-order valence-electron chi connectivity index (χ0n) is 7.88. The van der Waals surface area contributed by atoms with Gasteiger partial charge in [-0.1, -0.05) is 6.07 Å². The van der Waals surface area contributed by atoms with Gasteiger partial charge in [0.1, 0.15) is 11.9 Å². The predicted octanol–water partition coefficient (Wildman–Crippen LogP) is 2.25.